The summed E-state index contributed by atoms with van der Waals surface area (Å²) < 4.78 is 44.7. The number of rotatable bonds is 5. The van der Waals surface area contributed by atoms with Crippen molar-refractivity contribution in [3.05, 3.63) is 24.3 Å². The van der Waals surface area contributed by atoms with E-state index in [1.54, 1.807) is 0 Å². The lowest BCUT2D eigenvalue weighted by Gasteiger charge is -2.40. The first-order chi connectivity index (χ1) is 8.92. The maximum absolute atomic E-state index is 12.0. The van der Waals surface area contributed by atoms with Crippen LogP contribution in [0.1, 0.15) is 0 Å². The van der Waals surface area contributed by atoms with Crippen molar-refractivity contribution < 1.29 is 27.8 Å². The molecule has 2 rings (SSSR count). The van der Waals surface area contributed by atoms with Gasteiger partial charge >= 0.3 is 6.36 Å². The number of ether oxygens (including phenoxy) is 2. The molecule has 106 valence electrons. The molecule has 0 spiro atoms. The van der Waals surface area contributed by atoms with Gasteiger partial charge in [-0.15, -0.1) is 13.2 Å². The highest BCUT2D eigenvalue weighted by atomic mass is 19.4. The highest BCUT2D eigenvalue weighted by Gasteiger charge is 2.37. The van der Waals surface area contributed by atoms with Crippen molar-refractivity contribution in [3.8, 4) is 5.75 Å². The summed E-state index contributed by atoms with van der Waals surface area (Å²) in [5.74, 6) is -0.262. The normalized spacial score (nSPS) is 17.7. The van der Waals surface area contributed by atoms with Gasteiger partial charge in [0.1, 0.15) is 5.75 Å². The standard InChI is InChI=1S/C12H14F3NO3/c13-12(14,15)19-10-3-1-9(2-4-10)16-5-11(6-17)7-18-8-11/h1-4,16-17H,5-8H2. The molecule has 0 atom stereocenters. The zero-order chi connectivity index (χ0) is 13.9. The van der Waals surface area contributed by atoms with E-state index < -0.39 is 6.36 Å². The van der Waals surface area contributed by atoms with E-state index in [0.717, 1.165) is 0 Å². The van der Waals surface area contributed by atoms with Gasteiger partial charge in [-0.05, 0) is 24.3 Å². The van der Waals surface area contributed by atoms with Crippen LogP contribution in [0.25, 0.3) is 0 Å². The Bertz CT molecular complexity index is 410. The second-order valence-corrected chi connectivity index (χ2v) is 4.58. The van der Waals surface area contributed by atoms with Crippen LogP contribution in [-0.2, 0) is 4.74 Å². The van der Waals surface area contributed by atoms with E-state index in [-0.39, 0.29) is 17.8 Å². The molecule has 1 aromatic carbocycles. The molecular weight excluding hydrogens is 263 g/mol. The average molecular weight is 277 g/mol. The number of aliphatic hydroxyl groups is 1. The smallest absolute Gasteiger partial charge is 0.406 e. The topological polar surface area (TPSA) is 50.7 Å². The number of aliphatic hydroxyl groups excluding tert-OH is 1. The van der Waals surface area contributed by atoms with Crippen LogP contribution in [0, 0.1) is 5.41 Å². The molecule has 1 heterocycles. The monoisotopic (exact) mass is 277 g/mol. The number of hydrogen-bond acceptors (Lipinski definition) is 4. The van der Waals surface area contributed by atoms with E-state index in [9.17, 15) is 18.3 Å². The largest absolute Gasteiger partial charge is 0.573 e. The van der Waals surface area contributed by atoms with Crippen molar-refractivity contribution in [2.45, 2.75) is 6.36 Å². The van der Waals surface area contributed by atoms with E-state index in [1.165, 1.54) is 24.3 Å². The minimum Gasteiger partial charge on any atom is -0.406 e. The lowest BCUT2D eigenvalue weighted by atomic mass is 9.87. The molecule has 7 heteroatoms. The second-order valence-electron chi connectivity index (χ2n) is 4.58. The fourth-order valence-corrected chi connectivity index (χ4v) is 1.70. The van der Waals surface area contributed by atoms with Crippen molar-refractivity contribution in [2.24, 2.45) is 5.41 Å². The summed E-state index contributed by atoms with van der Waals surface area (Å²) in [7, 11) is 0. The van der Waals surface area contributed by atoms with Gasteiger partial charge in [0.05, 0.1) is 25.2 Å². The molecule has 0 bridgehead atoms. The lowest BCUT2D eigenvalue weighted by molar-refractivity contribution is -0.274. The summed E-state index contributed by atoms with van der Waals surface area (Å²) in [6.45, 7) is 1.47. The minimum absolute atomic E-state index is 0.00919. The molecule has 0 saturated carbocycles. The molecule has 1 fully saturated rings. The molecule has 2 N–H and O–H groups in total. The van der Waals surface area contributed by atoms with E-state index in [1.807, 2.05) is 0 Å². The van der Waals surface area contributed by atoms with Gasteiger partial charge in [0, 0.05) is 12.2 Å². The summed E-state index contributed by atoms with van der Waals surface area (Å²) in [6.07, 6.45) is -4.68. The molecular formula is C12H14F3NO3. The van der Waals surface area contributed by atoms with E-state index in [4.69, 9.17) is 4.74 Å². The number of nitrogens with one attached hydrogen (secondary N) is 1. The van der Waals surface area contributed by atoms with Gasteiger partial charge in [-0.3, -0.25) is 0 Å². The number of benzene rings is 1. The number of anilines is 1. The molecule has 19 heavy (non-hydrogen) atoms. The summed E-state index contributed by atoms with van der Waals surface area (Å²) in [5, 5.41) is 12.3. The molecule has 0 radical (unpaired) electrons. The van der Waals surface area contributed by atoms with Crippen LogP contribution in [0.15, 0.2) is 24.3 Å². The SMILES string of the molecule is OCC1(CNc2ccc(OC(F)(F)F)cc2)COC1. The molecule has 0 aliphatic carbocycles. The zero-order valence-corrected chi connectivity index (χ0v) is 10.0. The van der Waals surface area contributed by atoms with Crippen LogP contribution >= 0.6 is 0 Å². The van der Waals surface area contributed by atoms with E-state index >= 15 is 0 Å². The van der Waals surface area contributed by atoms with Crippen molar-refractivity contribution in [2.75, 3.05) is 31.7 Å². The lowest BCUT2D eigenvalue weighted by Crippen LogP contribution is -2.50. The molecule has 4 nitrogen and oxygen atoms in total. The average Bonchev–Trinajstić information content (AvgIpc) is 2.28. The minimum atomic E-state index is -4.68. The summed E-state index contributed by atoms with van der Waals surface area (Å²) in [4.78, 5) is 0. The van der Waals surface area contributed by atoms with Gasteiger partial charge in [-0.2, -0.15) is 0 Å². The van der Waals surface area contributed by atoms with Gasteiger partial charge in [0.2, 0.25) is 0 Å². The van der Waals surface area contributed by atoms with Crippen molar-refractivity contribution in [1.29, 1.82) is 0 Å². The highest BCUT2D eigenvalue weighted by molar-refractivity contribution is 5.46. The van der Waals surface area contributed by atoms with Crippen LogP contribution in [0.5, 0.6) is 5.75 Å². The maximum Gasteiger partial charge on any atom is 0.573 e. The summed E-state index contributed by atoms with van der Waals surface area (Å²) in [6, 6.07) is 5.45. The number of halogens is 3. The van der Waals surface area contributed by atoms with Crippen molar-refractivity contribution >= 4 is 5.69 Å². The third-order valence-corrected chi connectivity index (χ3v) is 2.91. The van der Waals surface area contributed by atoms with Crippen LogP contribution in [0.3, 0.4) is 0 Å². The Labute approximate surface area is 108 Å². The summed E-state index contributed by atoms with van der Waals surface area (Å²) >= 11 is 0. The molecule has 0 aromatic heterocycles. The molecule has 1 saturated heterocycles. The predicted octanol–water partition coefficient (Wildman–Crippen LogP) is 2.01. The number of alkyl halides is 3. The quantitative estimate of drug-likeness (QED) is 0.864. The molecule has 0 amide bonds. The first-order valence-electron chi connectivity index (χ1n) is 5.71. The van der Waals surface area contributed by atoms with Gasteiger partial charge in [0.15, 0.2) is 0 Å². The first kappa shape index (κ1) is 14.0. The highest BCUT2D eigenvalue weighted by Crippen LogP contribution is 2.28. The van der Waals surface area contributed by atoms with Crippen molar-refractivity contribution in [3.63, 3.8) is 0 Å². The third kappa shape index (κ3) is 3.74. The third-order valence-electron chi connectivity index (χ3n) is 2.91. The molecule has 0 unspecified atom stereocenters. The Morgan fingerprint density at radius 2 is 1.89 bits per heavy atom. The predicted molar refractivity (Wildman–Crippen MR) is 62.0 cm³/mol. The Hall–Kier alpha value is -1.47. The second kappa shape index (κ2) is 5.26. The molecule has 1 aliphatic rings. The van der Waals surface area contributed by atoms with E-state index in [0.29, 0.717) is 25.4 Å². The summed E-state index contributed by atoms with van der Waals surface area (Å²) in [5.41, 5.74) is 0.371. The fraction of sp³-hybridized carbons (Fsp3) is 0.500. The zero-order valence-electron chi connectivity index (χ0n) is 10.0. The molecule has 1 aromatic rings. The van der Waals surface area contributed by atoms with Gasteiger partial charge in [-0.25, -0.2) is 0 Å². The number of hydrogen-bond donors (Lipinski definition) is 2. The van der Waals surface area contributed by atoms with Crippen LogP contribution in [-0.4, -0.2) is 37.8 Å². The molecule has 1 aliphatic heterocycles. The van der Waals surface area contributed by atoms with Gasteiger partial charge in [-0.1, -0.05) is 0 Å². The van der Waals surface area contributed by atoms with Gasteiger partial charge in [0.25, 0.3) is 0 Å². The van der Waals surface area contributed by atoms with Crippen LogP contribution in [0.2, 0.25) is 0 Å². The Kier molecular flexibility index (Phi) is 3.86. The van der Waals surface area contributed by atoms with Crippen LogP contribution in [0.4, 0.5) is 18.9 Å². The Morgan fingerprint density at radius 1 is 1.26 bits per heavy atom. The van der Waals surface area contributed by atoms with Gasteiger partial charge < -0.3 is 19.9 Å². The van der Waals surface area contributed by atoms with Crippen LogP contribution < -0.4 is 10.1 Å². The Morgan fingerprint density at radius 3 is 2.32 bits per heavy atom. The maximum atomic E-state index is 12.0. The first-order valence-corrected chi connectivity index (χ1v) is 5.71. The van der Waals surface area contributed by atoms with Crippen molar-refractivity contribution in [1.82, 2.24) is 0 Å². The van der Waals surface area contributed by atoms with E-state index in [2.05, 4.69) is 10.1 Å². The Balaban J connectivity index is 1.88. The fourth-order valence-electron chi connectivity index (χ4n) is 1.70.